The van der Waals surface area contributed by atoms with Crippen LogP contribution in [-0.2, 0) is 9.47 Å². The number of hydrogen-bond acceptors (Lipinski definition) is 3. The van der Waals surface area contributed by atoms with E-state index in [0.717, 1.165) is 38.2 Å². The highest BCUT2D eigenvalue weighted by molar-refractivity contribution is 5.24. The molecule has 19 heavy (non-hydrogen) atoms. The fourth-order valence-corrected chi connectivity index (χ4v) is 2.36. The van der Waals surface area contributed by atoms with Crippen LogP contribution in [0.3, 0.4) is 0 Å². The lowest BCUT2D eigenvalue weighted by molar-refractivity contribution is -0.0129. The zero-order valence-corrected chi connectivity index (χ0v) is 12.0. The lowest BCUT2D eigenvalue weighted by Gasteiger charge is -2.26. The molecule has 1 aromatic rings. The second-order valence-electron chi connectivity index (χ2n) is 5.53. The van der Waals surface area contributed by atoms with E-state index in [2.05, 4.69) is 38.1 Å². The molecule has 2 atom stereocenters. The molecular weight excluding hydrogens is 238 g/mol. The molecule has 2 rings (SSSR count). The molecule has 106 valence electrons. The van der Waals surface area contributed by atoms with Crippen LogP contribution >= 0.6 is 0 Å². The SMILES string of the molecule is Cc1ccc(C(N)C(C)OCC2CCOCC2)cc1. The Hall–Kier alpha value is -0.900. The molecule has 0 saturated carbocycles. The largest absolute Gasteiger partial charge is 0.381 e. The van der Waals surface area contributed by atoms with Crippen molar-refractivity contribution in [1.82, 2.24) is 0 Å². The summed E-state index contributed by atoms with van der Waals surface area (Å²) >= 11 is 0. The van der Waals surface area contributed by atoms with Crippen LogP contribution in [0.1, 0.15) is 36.9 Å². The Kier molecular flexibility index (Phi) is 5.37. The lowest BCUT2D eigenvalue weighted by Crippen LogP contribution is -2.29. The third-order valence-corrected chi connectivity index (χ3v) is 3.90. The maximum Gasteiger partial charge on any atom is 0.0739 e. The summed E-state index contributed by atoms with van der Waals surface area (Å²) in [7, 11) is 0. The van der Waals surface area contributed by atoms with E-state index in [9.17, 15) is 0 Å². The van der Waals surface area contributed by atoms with Gasteiger partial charge in [0.05, 0.1) is 18.8 Å². The van der Waals surface area contributed by atoms with E-state index in [0.29, 0.717) is 5.92 Å². The minimum absolute atomic E-state index is 0.0468. The smallest absolute Gasteiger partial charge is 0.0739 e. The standard InChI is InChI=1S/C16H25NO2/c1-12-3-5-15(6-4-12)16(17)13(2)19-11-14-7-9-18-10-8-14/h3-6,13-14,16H,7-11,17H2,1-2H3. The molecule has 1 heterocycles. The van der Waals surface area contributed by atoms with Gasteiger partial charge in [-0.25, -0.2) is 0 Å². The zero-order valence-electron chi connectivity index (χ0n) is 12.0. The molecule has 3 heteroatoms. The lowest BCUT2D eigenvalue weighted by atomic mass is 10.00. The summed E-state index contributed by atoms with van der Waals surface area (Å²) in [6.45, 7) is 6.67. The number of hydrogen-bond donors (Lipinski definition) is 1. The summed E-state index contributed by atoms with van der Waals surface area (Å²) in [5.74, 6) is 0.626. The predicted octanol–water partition coefficient (Wildman–Crippen LogP) is 2.83. The van der Waals surface area contributed by atoms with Crippen LogP contribution < -0.4 is 5.73 Å². The van der Waals surface area contributed by atoms with Gasteiger partial charge in [0.2, 0.25) is 0 Å². The number of benzene rings is 1. The Balaban J connectivity index is 1.81. The minimum Gasteiger partial charge on any atom is -0.381 e. The summed E-state index contributed by atoms with van der Waals surface area (Å²) in [5.41, 5.74) is 8.65. The van der Waals surface area contributed by atoms with Crippen LogP contribution in [0.4, 0.5) is 0 Å². The summed E-state index contributed by atoms with van der Waals surface area (Å²) in [6, 6.07) is 8.32. The highest BCUT2D eigenvalue weighted by Gasteiger charge is 2.19. The molecule has 2 unspecified atom stereocenters. The van der Waals surface area contributed by atoms with Crippen molar-refractivity contribution < 1.29 is 9.47 Å². The van der Waals surface area contributed by atoms with Crippen molar-refractivity contribution in [3.05, 3.63) is 35.4 Å². The molecule has 0 aliphatic carbocycles. The Labute approximate surface area is 116 Å². The summed E-state index contributed by atoms with van der Waals surface area (Å²) in [4.78, 5) is 0. The fourth-order valence-electron chi connectivity index (χ4n) is 2.36. The molecule has 1 aromatic carbocycles. The quantitative estimate of drug-likeness (QED) is 0.888. The first-order valence-electron chi connectivity index (χ1n) is 7.18. The predicted molar refractivity (Wildman–Crippen MR) is 77.1 cm³/mol. The maximum atomic E-state index is 6.25. The van der Waals surface area contributed by atoms with Crippen molar-refractivity contribution in [3.63, 3.8) is 0 Å². The van der Waals surface area contributed by atoms with E-state index < -0.39 is 0 Å². The van der Waals surface area contributed by atoms with Gasteiger partial charge in [-0.1, -0.05) is 29.8 Å². The van der Waals surface area contributed by atoms with Crippen LogP contribution in [0.25, 0.3) is 0 Å². The van der Waals surface area contributed by atoms with E-state index in [1.54, 1.807) is 0 Å². The first kappa shape index (κ1) is 14.5. The topological polar surface area (TPSA) is 44.5 Å². The van der Waals surface area contributed by atoms with Crippen molar-refractivity contribution in [2.45, 2.75) is 38.8 Å². The van der Waals surface area contributed by atoms with Crippen LogP contribution in [0.5, 0.6) is 0 Å². The Morgan fingerprint density at radius 2 is 1.89 bits per heavy atom. The monoisotopic (exact) mass is 263 g/mol. The van der Waals surface area contributed by atoms with Gasteiger partial charge in [0, 0.05) is 13.2 Å². The second kappa shape index (κ2) is 7.04. The molecule has 0 radical (unpaired) electrons. The Morgan fingerprint density at radius 3 is 2.53 bits per heavy atom. The maximum absolute atomic E-state index is 6.25. The van der Waals surface area contributed by atoms with Crippen molar-refractivity contribution >= 4 is 0 Å². The van der Waals surface area contributed by atoms with Crippen LogP contribution in [-0.4, -0.2) is 25.9 Å². The molecule has 1 fully saturated rings. The van der Waals surface area contributed by atoms with Crippen molar-refractivity contribution in [2.24, 2.45) is 11.7 Å². The number of nitrogens with two attached hydrogens (primary N) is 1. The molecule has 2 N–H and O–H groups in total. The highest BCUT2D eigenvalue weighted by atomic mass is 16.5. The molecular formula is C16H25NO2. The van der Waals surface area contributed by atoms with Crippen molar-refractivity contribution in [2.75, 3.05) is 19.8 Å². The average molecular weight is 263 g/mol. The van der Waals surface area contributed by atoms with E-state index >= 15 is 0 Å². The Morgan fingerprint density at radius 1 is 1.26 bits per heavy atom. The van der Waals surface area contributed by atoms with Gasteiger partial charge < -0.3 is 15.2 Å². The molecule has 0 spiro atoms. The normalized spacial score (nSPS) is 20.2. The average Bonchev–Trinajstić information content (AvgIpc) is 2.46. The highest BCUT2D eigenvalue weighted by Crippen LogP contribution is 2.20. The summed E-state index contributed by atoms with van der Waals surface area (Å²) < 4.78 is 11.3. The summed E-state index contributed by atoms with van der Waals surface area (Å²) in [5, 5.41) is 0. The van der Waals surface area contributed by atoms with Gasteiger partial charge in [-0.15, -0.1) is 0 Å². The summed E-state index contributed by atoms with van der Waals surface area (Å²) in [6.07, 6.45) is 2.25. The minimum atomic E-state index is -0.0551. The van der Waals surface area contributed by atoms with E-state index in [1.165, 1.54) is 5.56 Å². The molecule has 0 bridgehead atoms. The van der Waals surface area contributed by atoms with Gasteiger partial charge in [-0.2, -0.15) is 0 Å². The van der Waals surface area contributed by atoms with E-state index in [4.69, 9.17) is 15.2 Å². The molecule has 0 aromatic heterocycles. The molecule has 1 aliphatic heterocycles. The second-order valence-corrected chi connectivity index (χ2v) is 5.53. The third kappa shape index (κ3) is 4.30. The van der Waals surface area contributed by atoms with E-state index in [-0.39, 0.29) is 12.1 Å². The number of ether oxygens (including phenoxy) is 2. The van der Waals surface area contributed by atoms with Gasteiger partial charge in [-0.05, 0) is 38.2 Å². The first-order valence-corrected chi connectivity index (χ1v) is 7.18. The van der Waals surface area contributed by atoms with Gasteiger partial charge in [0.25, 0.3) is 0 Å². The third-order valence-electron chi connectivity index (χ3n) is 3.90. The molecule has 1 aliphatic rings. The number of aryl methyl sites for hydroxylation is 1. The van der Waals surface area contributed by atoms with Crippen molar-refractivity contribution in [3.8, 4) is 0 Å². The van der Waals surface area contributed by atoms with Crippen molar-refractivity contribution in [1.29, 1.82) is 0 Å². The molecule has 1 saturated heterocycles. The van der Waals surface area contributed by atoms with Crippen LogP contribution in [0.15, 0.2) is 24.3 Å². The zero-order chi connectivity index (χ0) is 13.7. The molecule has 3 nitrogen and oxygen atoms in total. The fraction of sp³-hybridized carbons (Fsp3) is 0.625. The number of rotatable bonds is 5. The van der Waals surface area contributed by atoms with E-state index in [1.807, 2.05) is 0 Å². The molecule has 0 amide bonds. The Bertz CT molecular complexity index is 371. The first-order chi connectivity index (χ1) is 9.16. The van der Waals surface area contributed by atoms with Crippen LogP contribution in [0.2, 0.25) is 0 Å². The van der Waals surface area contributed by atoms with Gasteiger partial charge in [0.15, 0.2) is 0 Å². The van der Waals surface area contributed by atoms with Gasteiger partial charge in [-0.3, -0.25) is 0 Å². The van der Waals surface area contributed by atoms with Crippen LogP contribution in [0, 0.1) is 12.8 Å². The van der Waals surface area contributed by atoms with Gasteiger partial charge in [0.1, 0.15) is 0 Å². The van der Waals surface area contributed by atoms with Gasteiger partial charge >= 0.3 is 0 Å².